The van der Waals surface area contributed by atoms with Crippen molar-refractivity contribution in [2.45, 2.75) is 0 Å². The monoisotopic (exact) mass is 306 g/mol. The minimum atomic E-state index is -1.07. The number of hydrogen-bond donors (Lipinski definition) is 0. The summed E-state index contributed by atoms with van der Waals surface area (Å²) in [5, 5.41) is 11.0. The molecule has 0 fully saturated rings. The number of methoxy groups -OCH3 is 2. The summed E-state index contributed by atoms with van der Waals surface area (Å²) in [6.07, 6.45) is -1.07. The van der Waals surface area contributed by atoms with E-state index in [1.54, 1.807) is 0 Å². The largest absolute Gasteiger partial charge is 0.465 e. The van der Waals surface area contributed by atoms with Crippen molar-refractivity contribution in [3.8, 4) is 0 Å². The smallest absolute Gasteiger partial charge is 0.421 e. The van der Waals surface area contributed by atoms with Crippen molar-refractivity contribution in [3.05, 3.63) is 50.3 Å². The molecule has 0 saturated carbocycles. The van der Waals surface area contributed by atoms with Crippen LogP contribution in [0, 0.1) is 10.1 Å². The van der Waals surface area contributed by atoms with E-state index in [2.05, 4.69) is 9.47 Å². The first kappa shape index (κ1) is 15.2. The van der Waals surface area contributed by atoms with E-state index in [1.807, 2.05) is 0 Å². The van der Waals surface area contributed by atoms with Crippen LogP contribution in [0.3, 0.4) is 0 Å². The maximum atomic E-state index is 12.3. The van der Waals surface area contributed by atoms with Crippen molar-refractivity contribution in [1.29, 1.82) is 0 Å². The van der Waals surface area contributed by atoms with E-state index < -0.39 is 28.1 Å². The number of rotatable bonds is 2. The Hall–Kier alpha value is -3.23. The maximum absolute atomic E-state index is 12.3. The minimum absolute atomic E-state index is 0.0429. The van der Waals surface area contributed by atoms with E-state index in [0.29, 0.717) is 4.57 Å². The Morgan fingerprint density at radius 1 is 1.23 bits per heavy atom. The molecule has 0 aliphatic rings. The summed E-state index contributed by atoms with van der Waals surface area (Å²) in [7, 11) is 2.09. The van der Waals surface area contributed by atoms with E-state index in [-0.39, 0.29) is 16.6 Å². The van der Waals surface area contributed by atoms with Crippen LogP contribution in [0.4, 0.5) is 10.5 Å². The molecule has 0 N–H and O–H groups in total. The summed E-state index contributed by atoms with van der Waals surface area (Å²) in [5.74, 6) is -1.01. The molecular weight excluding hydrogens is 296 g/mol. The highest BCUT2D eigenvalue weighted by Crippen LogP contribution is 2.25. The number of pyridine rings is 1. The molecule has 0 atom stereocenters. The third kappa shape index (κ3) is 2.28. The molecule has 0 aliphatic carbocycles. The number of hydrogen-bond acceptors (Lipinski definition) is 7. The molecule has 1 heterocycles. The molecule has 0 bridgehead atoms. The van der Waals surface area contributed by atoms with E-state index in [0.717, 1.165) is 20.3 Å². The molecule has 2 aromatic rings. The maximum Gasteiger partial charge on any atom is 0.421 e. The number of nitro groups is 1. The number of carbonyl (C=O) groups is 2. The number of fused-ring (bicyclic) bond motifs is 1. The highest BCUT2D eigenvalue weighted by atomic mass is 16.6. The van der Waals surface area contributed by atoms with Gasteiger partial charge in [-0.05, 0) is 12.1 Å². The quantitative estimate of drug-likeness (QED) is 0.466. The van der Waals surface area contributed by atoms with Crippen LogP contribution in [0.5, 0.6) is 0 Å². The Kier molecular flexibility index (Phi) is 3.89. The van der Waals surface area contributed by atoms with Gasteiger partial charge in [0.15, 0.2) is 0 Å². The van der Waals surface area contributed by atoms with Crippen molar-refractivity contribution >= 4 is 28.7 Å². The molecule has 22 heavy (non-hydrogen) atoms. The molecule has 2 rings (SSSR count). The Balaban J connectivity index is 3.02. The zero-order valence-corrected chi connectivity index (χ0v) is 11.6. The van der Waals surface area contributed by atoms with E-state index in [9.17, 15) is 24.5 Å². The van der Waals surface area contributed by atoms with Gasteiger partial charge in [-0.3, -0.25) is 14.9 Å². The number of non-ortho nitro benzene ring substituents is 1. The molecule has 1 aromatic heterocycles. The first-order valence-electron chi connectivity index (χ1n) is 5.92. The molecule has 9 nitrogen and oxygen atoms in total. The topological polar surface area (TPSA) is 118 Å². The number of ether oxygens (including phenoxy) is 2. The Bertz CT molecular complexity index is 853. The molecule has 0 unspecified atom stereocenters. The fourth-order valence-corrected chi connectivity index (χ4v) is 2.01. The van der Waals surface area contributed by atoms with E-state index in [4.69, 9.17) is 0 Å². The van der Waals surface area contributed by atoms with Gasteiger partial charge in [0.25, 0.3) is 11.2 Å². The molecule has 0 amide bonds. The van der Waals surface area contributed by atoms with Crippen LogP contribution in [-0.4, -0.2) is 35.8 Å². The molecule has 114 valence electrons. The van der Waals surface area contributed by atoms with Gasteiger partial charge in [-0.25, -0.2) is 14.2 Å². The molecule has 1 aromatic carbocycles. The van der Waals surface area contributed by atoms with Gasteiger partial charge < -0.3 is 9.47 Å². The Labute approximate surface area is 122 Å². The number of benzene rings is 1. The average molecular weight is 306 g/mol. The summed E-state index contributed by atoms with van der Waals surface area (Å²) in [6, 6.07) is 4.87. The summed E-state index contributed by atoms with van der Waals surface area (Å²) in [5.41, 5.74) is -1.89. The van der Waals surface area contributed by atoms with Crippen molar-refractivity contribution in [2.75, 3.05) is 14.2 Å². The van der Waals surface area contributed by atoms with Crippen LogP contribution >= 0.6 is 0 Å². The molecule has 0 spiro atoms. The number of esters is 1. The third-order valence-corrected chi connectivity index (χ3v) is 2.98. The highest BCUT2D eigenvalue weighted by Gasteiger charge is 2.24. The number of nitro benzene ring substituents is 1. The molecule has 0 radical (unpaired) electrons. The van der Waals surface area contributed by atoms with Gasteiger partial charge >= 0.3 is 12.1 Å². The van der Waals surface area contributed by atoms with Crippen LogP contribution in [-0.2, 0) is 9.47 Å². The predicted molar refractivity (Wildman–Crippen MR) is 74.0 cm³/mol. The van der Waals surface area contributed by atoms with Gasteiger partial charge in [0.05, 0.1) is 30.0 Å². The van der Waals surface area contributed by atoms with Crippen LogP contribution in [0.15, 0.2) is 29.1 Å². The van der Waals surface area contributed by atoms with Gasteiger partial charge in [-0.2, -0.15) is 0 Å². The van der Waals surface area contributed by atoms with E-state index in [1.165, 1.54) is 18.2 Å². The predicted octanol–water partition coefficient (Wildman–Crippen LogP) is 1.31. The highest BCUT2D eigenvalue weighted by molar-refractivity contribution is 5.99. The zero-order valence-electron chi connectivity index (χ0n) is 11.6. The lowest BCUT2D eigenvalue weighted by Crippen LogP contribution is -2.32. The van der Waals surface area contributed by atoms with Gasteiger partial charge in [0, 0.05) is 6.07 Å². The lowest BCUT2D eigenvalue weighted by atomic mass is 10.1. The molecule has 0 saturated heterocycles. The normalized spacial score (nSPS) is 10.3. The van der Waals surface area contributed by atoms with Gasteiger partial charge in [0.2, 0.25) is 0 Å². The number of aromatic nitrogens is 1. The SMILES string of the molecule is COC(=O)c1cc2c([N+](=O)[O-])cccc2n(C(=O)OC)c1=O. The summed E-state index contributed by atoms with van der Waals surface area (Å²) >= 11 is 0. The first-order valence-corrected chi connectivity index (χ1v) is 5.92. The van der Waals surface area contributed by atoms with E-state index >= 15 is 0 Å². The summed E-state index contributed by atoms with van der Waals surface area (Å²) < 4.78 is 9.51. The molecular formula is C13H10N2O7. The first-order chi connectivity index (χ1) is 10.4. The Morgan fingerprint density at radius 2 is 1.91 bits per heavy atom. The number of nitrogens with zero attached hydrogens (tertiary/aromatic N) is 2. The van der Waals surface area contributed by atoms with Crippen LogP contribution in [0.25, 0.3) is 10.9 Å². The van der Waals surface area contributed by atoms with Crippen LogP contribution < -0.4 is 5.56 Å². The summed E-state index contributed by atoms with van der Waals surface area (Å²) in [4.78, 5) is 46.1. The van der Waals surface area contributed by atoms with Crippen molar-refractivity contribution in [1.82, 2.24) is 4.57 Å². The van der Waals surface area contributed by atoms with Crippen LogP contribution in [0.1, 0.15) is 10.4 Å². The second-order valence-electron chi connectivity index (χ2n) is 4.13. The second-order valence-corrected chi connectivity index (χ2v) is 4.13. The van der Waals surface area contributed by atoms with Crippen LogP contribution in [0.2, 0.25) is 0 Å². The lowest BCUT2D eigenvalue weighted by Gasteiger charge is -2.10. The van der Waals surface area contributed by atoms with Gasteiger partial charge in [0.1, 0.15) is 5.56 Å². The second kappa shape index (κ2) is 5.64. The standard InChI is InChI=1S/C13H10N2O7/c1-21-12(17)8-6-7-9(4-3-5-10(7)15(19)20)14(11(8)16)13(18)22-2/h3-6H,1-2H3. The zero-order chi connectivity index (χ0) is 16.4. The third-order valence-electron chi connectivity index (χ3n) is 2.98. The molecule has 9 heteroatoms. The minimum Gasteiger partial charge on any atom is -0.465 e. The molecule has 0 aliphatic heterocycles. The summed E-state index contributed by atoms with van der Waals surface area (Å²) in [6.45, 7) is 0. The van der Waals surface area contributed by atoms with Crippen molar-refractivity contribution < 1.29 is 24.0 Å². The fraction of sp³-hybridized carbons (Fsp3) is 0.154. The number of carbonyl (C=O) groups excluding carboxylic acids is 2. The fourth-order valence-electron chi connectivity index (χ4n) is 2.01. The van der Waals surface area contributed by atoms with Gasteiger partial charge in [-0.15, -0.1) is 0 Å². The average Bonchev–Trinajstić information content (AvgIpc) is 2.52. The Morgan fingerprint density at radius 3 is 2.45 bits per heavy atom. The lowest BCUT2D eigenvalue weighted by molar-refractivity contribution is -0.383. The van der Waals surface area contributed by atoms with Crippen molar-refractivity contribution in [2.24, 2.45) is 0 Å². The van der Waals surface area contributed by atoms with Crippen molar-refractivity contribution in [3.63, 3.8) is 0 Å². The van der Waals surface area contributed by atoms with Gasteiger partial charge in [-0.1, -0.05) is 6.07 Å².